The molecule has 0 saturated heterocycles. The van der Waals surface area contributed by atoms with Crippen LogP contribution in [0.5, 0.6) is 0 Å². The van der Waals surface area contributed by atoms with Gasteiger partial charge >= 0.3 is 0 Å². The van der Waals surface area contributed by atoms with Gasteiger partial charge in [0.2, 0.25) is 0 Å². The maximum Gasteiger partial charge on any atom is 0.261 e. The van der Waals surface area contributed by atoms with E-state index in [-0.39, 0.29) is 30.1 Å². The number of aromatic amines is 2. The van der Waals surface area contributed by atoms with E-state index < -0.39 is 16.8 Å². The monoisotopic (exact) mass is 525 g/mol. The Hall–Kier alpha value is -4.01. The topological polar surface area (TPSA) is 159 Å². The molecule has 0 fully saturated rings. The zero-order chi connectivity index (χ0) is 25.9. The third-order valence-electron chi connectivity index (χ3n) is 5.46. The largest absolute Gasteiger partial charge is 0.395 e. The molecule has 0 saturated carbocycles. The summed E-state index contributed by atoms with van der Waals surface area (Å²) in [4.78, 5) is 32.4. The normalized spacial score (nSPS) is 12.3. The minimum Gasteiger partial charge on any atom is -0.395 e. The van der Waals surface area contributed by atoms with Gasteiger partial charge < -0.3 is 30.4 Å². The molecule has 12 nitrogen and oxygen atoms in total. The number of imidazole rings is 1. The fourth-order valence-corrected chi connectivity index (χ4v) is 4.68. The lowest BCUT2D eigenvalue weighted by Crippen LogP contribution is -2.18. The fraction of sp³-hybridized carbons (Fsp3) is 0.261. The van der Waals surface area contributed by atoms with Gasteiger partial charge in [-0.2, -0.15) is 5.10 Å². The zero-order valence-corrected chi connectivity index (χ0v) is 20.8. The van der Waals surface area contributed by atoms with E-state index in [4.69, 9.17) is 9.84 Å². The van der Waals surface area contributed by atoms with Crippen LogP contribution in [0.25, 0.3) is 33.5 Å². The molecule has 0 aliphatic rings. The van der Waals surface area contributed by atoms with Crippen LogP contribution in [0.2, 0.25) is 0 Å². The highest BCUT2D eigenvalue weighted by Crippen LogP contribution is 2.36. The zero-order valence-electron chi connectivity index (χ0n) is 19.9. The number of H-pyrrole nitrogens is 2. The van der Waals surface area contributed by atoms with E-state index in [2.05, 4.69) is 40.7 Å². The van der Waals surface area contributed by atoms with Gasteiger partial charge in [-0.1, -0.05) is 0 Å². The number of benzene rings is 1. The van der Waals surface area contributed by atoms with Crippen molar-refractivity contribution >= 4 is 45.2 Å². The first kappa shape index (κ1) is 24.7. The Morgan fingerprint density at radius 2 is 2.03 bits per heavy atom. The number of nitrogens with zero attached hydrogens (tertiary/aromatic N) is 5. The number of aromatic nitrogens is 7. The summed E-state index contributed by atoms with van der Waals surface area (Å²) < 4.78 is 21.7. The van der Waals surface area contributed by atoms with Crippen LogP contribution >= 0.6 is 11.8 Å². The molecule has 5 rings (SSSR count). The second-order valence-corrected chi connectivity index (χ2v) is 9.10. The van der Waals surface area contributed by atoms with Crippen LogP contribution in [-0.2, 0) is 11.8 Å². The van der Waals surface area contributed by atoms with Crippen molar-refractivity contribution in [2.24, 2.45) is 7.05 Å². The minimum absolute atomic E-state index is 0.0766. The van der Waals surface area contributed by atoms with Gasteiger partial charge in [-0.15, -0.1) is 11.8 Å². The minimum atomic E-state index is -0.573. The third kappa shape index (κ3) is 4.98. The quantitative estimate of drug-likeness (QED) is 0.172. The molecule has 192 valence electrons. The maximum atomic E-state index is 14.9. The Morgan fingerprint density at radius 3 is 2.78 bits per heavy atom. The van der Waals surface area contributed by atoms with Gasteiger partial charge in [0, 0.05) is 45.0 Å². The number of halogens is 1. The number of aryl methyl sites for hydroxylation is 1. The number of hydrogen-bond donors (Lipinski definition) is 5. The molecule has 0 spiro atoms. The summed E-state index contributed by atoms with van der Waals surface area (Å²) in [5.41, 5.74) is 2.04. The van der Waals surface area contributed by atoms with Crippen molar-refractivity contribution < 1.29 is 14.2 Å². The van der Waals surface area contributed by atoms with Gasteiger partial charge in [0.1, 0.15) is 27.8 Å². The van der Waals surface area contributed by atoms with Crippen LogP contribution in [0, 0.1) is 5.82 Å². The molecule has 37 heavy (non-hydrogen) atoms. The predicted molar refractivity (Wildman–Crippen MR) is 140 cm³/mol. The summed E-state index contributed by atoms with van der Waals surface area (Å²) >= 11 is 1.39. The van der Waals surface area contributed by atoms with Gasteiger partial charge in [0.05, 0.1) is 29.3 Å². The maximum absolute atomic E-state index is 14.9. The number of fused-ring (bicyclic) bond motifs is 2. The van der Waals surface area contributed by atoms with E-state index in [0.717, 1.165) is 0 Å². The number of hydrogen-bond acceptors (Lipinski definition) is 10. The smallest absolute Gasteiger partial charge is 0.261 e. The molecule has 0 amide bonds. The first-order valence-electron chi connectivity index (χ1n) is 11.3. The Morgan fingerprint density at radius 1 is 1.22 bits per heavy atom. The molecule has 4 heterocycles. The van der Waals surface area contributed by atoms with Crippen LogP contribution in [-0.4, -0.2) is 66.0 Å². The number of nitrogens with one attached hydrogen (secondary N) is 4. The number of methoxy groups -OCH3 is 1. The number of aliphatic hydroxyl groups is 1. The van der Waals surface area contributed by atoms with Gasteiger partial charge in [-0.25, -0.2) is 19.3 Å². The Balaban J connectivity index is 1.67. The van der Waals surface area contributed by atoms with Crippen molar-refractivity contribution in [1.29, 1.82) is 0 Å². The molecule has 14 heteroatoms. The van der Waals surface area contributed by atoms with Crippen LogP contribution < -0.4 is 16.2 Å². The molecule has 0 aliphatic carbocycles. The molecule has 4 aromatic heterocycles. The van der Waals surface area contributed by atoms with Crippen LogP contribution in [0.4, 0.5) is 15.8 Å². The summed E-state index contributed by atoms with van der Waals surface area (Å²) in [7, 11) is 3.33. The SMILES string of the molecule is COCSC(Nc1c(-c2nc3c(F)cc(NCCO)cc3[nH]2)c(=O)[nH]c2cn(C)nc12)c1ncccn1. The van der Waals surface area contributed by atoms with E-state index in [1.54, 1.807) is 49.6 Å². The molecule has 1 atom stereocenters. The molecular formula is C23H24FN9O3S. The lowest BCUT2D eigenvalue weighted by Gasteiger charge is -2.19. The average Bonchev–Trinajstić information content (AvgIpc) is 3.48. The number of ether oxygens (including phenoxy) is 1. The first-order valence-corrected chi connectivity index (χ1v) is 12.3. The highest BCUT2D eigenvalue weighted by atomic mass is 32.2. The number of pyridine rings is 1. The van der Waals surface area contributed by atoms with E-state index >= 15 is 0 Å². The van der Waals surface area contributed by atoms with Gasteiger partial charge in [0.15, 0.2) is 11.6 Å². The van der Waals surface area contributed by atoms with E-state index in [1.165, 1.54) is 17.8 Å². The predicted octanol–water partition coefficient (Wildman–Crippen LogP) is 2.59. The van der Waals surface area contributed by atoms with Crippen LogP contribution in [0.3, 0.4) is 0 Å². The summed E-state index contributed by atoms with van der Waals surface area (Å²) in [5, 5.41) is 19.4. The highest BCUT2D eigenvalue weighted by Gasteiger charge is 2.25. The lowest BCUT2D eigenvalue weighted by molar-refractivity contribution is 0.258. The van der Waals surface area contributed by atoms with E-state index in [0.29, 0.717) is 39.7 Å². The molecule has 5 aromatic rings. The number of thioether (sulfide) groups is 1. The second kappa shape index (κ2) is 10.5. The first-order chi connectivity index (χ1) is 18.0. The Bertz CT molecular complexity index is 1600. The molecule has 1 aromatic carbocycles. The van der Waals surface area contributed by atoms with Crippen molar-refractivity contribution in [3.63, 3.8) is 0 Å². The van der Waals surface area contributed by atoms with Crippen LogP contribution in [0.15, 0.2) is 41.6 Å². The van der Waals surface area contributed by atoms with Gasteiger partial charge in [-0.05, 0) is 18.2 Å². The Kier molecular flexibility index (Phi) is 7.03. The van der Waals surface area contributed by atoms with Crippen molar-refractivity contribution in [2.45, 2.75) is 5.37 Å². The molecule has 5 N–H and O–H groups in total. The molecule has 0 radical (unpaired) electrons. The number of anilines is 2. The van der Waals surface area contributed by atoms with Crippen LogP contribution in [0.1, 0.15) is 11.2 Å². The van der Waals surface area contributed by atoms with E-state index in [9.17, 15) is 9.18 Å². The molecule has 0 aliphatic heterocycles. The van der Waals surface area contributed by atoms with Gasteiger partial charge in [-0.3, -0.25) is 9.48 Å². The molecule has 1 unspecified atom stereocenters. The van der Waals surface area contributed by atoms with Gasteiger partial charge in [0.25, 0.3) is 5.56 Å². The lowest BCUT2D eigenvalue weighted by atomic mass is 10.2. The third-order valence-corrected chi connectivity index (χ3v) is 6.49. The van der Waals surface area contributed by atoms with Crippen molar-refractivity contribution in [1.82, 2.24) is 34.7 Å². The molecule has 0 bridgehead atoms. The molecular weight excluding hydrogens is 501 g/mol. The number of rotatable bonds is 10. The standard InChI is InChI=1S/C23H24FN9O3S/c1-33-10-15-18(32-33)19(31-23(37-11-36-2)21-26-4-3-5-27-21)16(22(35)29-15)20-28-14-9-12(25-6-7-34)8-13(24)17(14)30-20/h3-5,8-10,23,25,31,34H,6-7,11H2,1-2H3,(H,28,30)(H,29,35). The summed E-state index contributed by atoms with van der Waals surface area (Å²) in [6, 6.07) is 4.67. The van der Waals surface area contributed by atoms with Crippen molar-refractivity contribution in [3.8, 4) is 11.4 Å². The van der Waals surface area contributed by atoms with Crippen molar-refractivity contribution in [3.05, 3.63) is 58.8 Å². The fourth-order valence-electron chi connectivity index (χ4n) is 3.94. The van der Waals surface area contributed by atoms with E-state index in [1.807, 2.05) is 0 Å². The average molecular weight is 526 g/mol. The summed E-state index contributed by atoms with van der Waals surface area (Å²) in [6.07, 6.45) is 4.95. The van der Waals surface area contributed by atoms with Crippen molar-refractivity contribution in [2.75, 3.05) is 36.8 Å². The Labute approximate surface area is 213 Å². The summed E-state index contributed by atoms with van der Waals surface area (Å²) in [6.45, 7) is 0.161. The summed E-state index contributed by atoms with van der Waals surface area (Å²) in [5.74, 6) is 0.403. The highest BCUT2D eigenvalue weighted by molar-refractivity contribution is 7.99. The second-order valence-electron chi connectivity index (χ2n) is 8.06. The number of aliphatic hydroxyl groups excluding tert-OH is 1.